The molecule has 0 aliphatic heterocycles. The van der Waals surface area contributed by atoms with E-state index in [1.165, 1.54) is 141 Å². The number of unbranched alkanes of at least 4 members (excludes halogenated alkanes) is 13. The molecule has 0 fully saturated rings. The van der Waals surface area contributed by atoms with Crippen molar-refractivity contribution in [2.45, 2.75) is 192 Å². The summed E-state index contributed by atoms with van der Waals surface area (Å²) in [4.78, 5) is 0. The summed E-state index contributed by atoms with van der Waals surface area (Å²) >= 11 is 8.66. The van der Waals surface area contributed by atoms with E-state index in [1.54, 1.807) is 37.0 Å². The molecule has 0 aliphatic carbocycles. The Morgan fingerprint density at radius 3 is 0.725 bits per heavy atom. The van der Waals surface area contributed by atoms with Gasteiger partial charge in [-0.05, 0) is 0 Å². The van der Waals surface area contributed by atoms with Crippen LogP contribution in [0.15, 0.2) is 0 Å². The molecule has 0 rings (SSSR count). The van der Waals surface area contributed by atoms with Gasteiger partial charge in [0.05, 0.1) is 0 Å². The number of halogens is 2. The molecule has 2 atom stereocenters. The van der Waals surface area contributed by atoms with Gasteiger partial charge in [-0.25, -0.2) is 0 Å². The third kappa shape index (κ3) is 18.6. The number of hydrogen-bond acceptors (Lipinski definition) is 0. The molecule has 0 aromatic heterocycles. The van der Waals surface area contributed by atoms with E-state index in [9.17, 15) is 0 Å². The van der Waals surface area contributed by atoms with E-state index in [0.717, 1.165) is 9.14 Å². The van der Waals surface area contributed by atoms with Crippen molar-refractivity contribution in [1.82, 2.24) is 0 Å². The molecule has 0 aliphatic rings. The maximum atomic E-state index is 4.33. The molecule has 4 heteroatoms. The SMILES string of the molecule is CCCC[PH](CCCC)(CCCC)C(Br)CCCCCCCCCCC(Br)[PH](CCCC)(CCCC)CCCC. The minimum absolute atomic E-state index is 0.865. The first kappa shape index (κ1) is 41.8. The van der Waals surface area contributed by atoms with Crippen molar-refractivity contribution in [2.75, 3.05) is 37.0 Å². The molecule has 246 valence electrons. The van der Waals surface area contributed by atoms with E-state index in [0.29, 0.717) is 0 Å². The molecule has 2 unspecified atom stereocenters. The zero-order valence-electron chi connectivity index (χ0n) is 28.7. The van der Waals surface area contributed by atoms with Gasteiger partial charge in [-0.2, -0.15) is 0 Å². The molecule has 0 saturated carbocycles. The average molecular weight is 733 g/mol. The van der Waals surface area contributed by atoms with Crippen molar-refractivity contribution in [1.29, 1.82) is 0 Å². The summed E-state index contributed by atoms with van der Waals surface area (Å²) in [7, 11) is -2.37. The second-order valence-corrected chi connectivity index (χ2v) is 27.4. The van der Waals surface area contributed by atoms with Crippen molar-refractivity contribution in [2.24, 2.45) is 0 Å². The van der Waals surface area contributed by atoms with Gasteiger partial charge in [0, 0.05) is 0 Å². The van der Waals surface area contributed by atoms with E-state index in [1.807, 2.05) is 0 Å². The molecule has 0 bridgehead atoms. The fraction of sp³-hybridized carbons (Fsp3) is 1.00. The fourth-order valence-corrected chi connectivity index (χ4v) is 23.3. The third-order valence-electron chi connectivity index (χ3n) is 10.2. The van der Waals surface area contributed by atoms with Gasteiger partial charge in [0.2, 0.25) is 0 Å². The van der Waals surface area contributed by atoms with Crippen LogP contribution in [-0.2, 0) is 0 Å². The topological polar surface area (TPSA) is 0 Å². The zero-order valence-corrected chi connectivity index (χ0v) is 33.9. The van der Waals surface area contributed by atoms with Gasteiger partial charge >= 0.3 is 275 Å². The minimum atomic E-state index is -1.18. The molecule has 0 spiro atoms. The molecule has 0 N–H and O–H groups in total. The molecule has 0 nitrogen and oxygen atoms in total. The Kier molecular flexibility index (Phi) is 29.6. The van der Waals surface area contributed by atoms with Crippen LogP contribution in [0.5, 0.6) is 0 Å². The Morgan fingerprint density at radius 1 is 0.325 bits per heavy atom. The standard InChI is InChI=1S/C36H78Br2P2/c1-7-13-29-39(30-14-8-2,31-15-9-3)35(37)27-25-23-21-19-20-22-24-26-28-36(38)40(32-16-10-4,33-17-11-5)34-18-12-6/h35-36,39-40H,7-34H2,1-6H3. The van der Waals surface area contributed by atoms with E-state index in [4.69, 9.17) is 0 Å². The first-order chi connectivity index (χ1) is 19.4. The van der Waals surface area contributed by atoms with Crippen LogP contribution in [0.4, 0.5) is 0 Å². The van der Waals surface area contributed by atoms with E-state index in [-0.39, 0.29) is 0 Å². The van der Waals surface area contributed by atoms with Gasteiger partial charge < -0.3 is 0 Å². The molecule has 40 heavy (non-hydrogen) atoms. The summed E-state index contributed by atoms with van der Waals surface area (Å²) in [5, 5.41) is 0. The van der Waals surface area contributed by atoms with Crippen LogP contribution >= 0.6 is 46.4 Å². The van der Waals surface area contributed by atoms with Crippen LogP contribution in [-0.4, -0.2) is 46.1 Å². The van der Waals surface area contributed by atoms with Crippen LogP contribution in [0.2, 0.25) is 0 Å². The molecule has 0 aromatic rings. The quantitative estimate of drug-likeness (QED) is 0.0378. The Balaban J connectivity index is 4.41. The predicted molar refractivity (Wildman–Crippen MR) is 207 cm³/mol. The summed E-state index contributed by atoms with van der Waals surface area (Å²) in [5.74, 6) is 0. The van der Waals surface area contributed by atoms with Gasteiger partial charge in [-0.3, -0.25) is 0 Å². The van der Waals surface area contributed by atoms with Crippen LogP contribution in [0.3, 0.4) is 0 Å². The van der Waals surface area contributed by atoms with Crippen LogP contribution < -0.4 is 0 Å². The van der Waals surface area contributed by atoms with Crippen LogP contribution in [0.25, 0.3) is 0 Å². The second-order valence-electron chi connectivity index (χ2n) is 13.7. The normalized spacial score (nSPS) is 14.9. The van der Waals surface area contributed by atoms with Crippen LogP contribution in [0.1, 0.15) is 183 Å². The van der Waals surface area contributed by atoms with Crippen molar-refractivity contribution in [3.63, 3.8) is 0 Å². The Labute approximate surface area is 273 Å². The number of alkyl halides is 2. The second kappa shape index (κ2) is 28.3. The molecule has 0 heterocycles. The predicted octanol–water partition coefficient (Wildman–Crippen LogP) is 14.6. The summed E-state index contributed by atoms with van der Waals surface area (Å²) in [5.41, 5.74) is 0. The summed E-state index contributed by atoms with van der Waals surface area (Å²) in [6.07, 6.45) is 41.2. The third-order valence-corrected chi connectivity index (χ3v) is 28.2. The van der Waals surface area contributed by atoms with Crippen molar-refractivity contribution in [3.8, 4) is 0 Å². The Hall–Kier alpha value is 1.82. The van der Waals surface area contributed by atoms with Gasteiger partial charge in [0.25, 0.3) is 0 Å². The van der Waals surface area contributed by atoms with Gasteiger partial charge in [-0.1, -0.05) is 0 Å². The van der Waals surface area contributed by atoms with Crippen LogP contribution in [0, 0.1) is 0 Å². The number of rotatable bonds is 31. The Bertz CT molecular complexity index is 437. The number of hydrogen-bond donors (Lipinski definition) is 0. The summed E-state index contributed by atoms with van der Waals surface area (Å²) < 4.78 is 1.73. The monoisotopic (exact) mass is 730 g/mol. The molecular weight excluding hydrogens is 654 g/mol. The fourth-order valence-electron chi connectivity index (χ4n) is 7.18. The zero-order chi connectivity index (χ0) is 30.0. The van der Waals surface area contributed by atoms with Gasteiger partial charge in [0.15, 0.2) is 0 Å². The van der Waals surface area contributed by atoms with Gasteiger partial charge in [-0.15, -0.1) is 0 Å². The molecule has 0 aromatic carbocycles. The maximum absolute atomic E-state index is 4.33. The van der Waals surface area contributed by atoms with E-state index < -0.39 is 14.5 Å². The van der Waals surface area contributed by atoms with E-state index in [2.05, 4.69) is 73.4 Å². The van der Waals surface area contributed by atoms with E-state index >= 15 is 0 Å². The first-order valence-electron chi connectivity index (χ1n) is 18.7. The molecule has 0 saturated heterocycles. The molecule has 0 radical (unpaired) electrons. The van der Waals surface area contributed by atoms with Gasteiger partial charge in [0.1, 0.15) is 0 Å². The first-order valence-corrected chi connectivity index (χ1v) is 25.9. The van der Waals surface area contributed by atoms with Crippen molar-refractivity contribution in [3.05, 3.63) is 0 Å². The summed E-state index contributed by atoms with van der Waals surface area (Å²) in [6, 6.07) is 0. The average Bonchev–Trinajstić information content (AvgIpc) is 2.97. The summed E-state index contributed by atoms with van der Waals surface area (Å²) in [6.45, 7) is 14.4. The van der Waals surface area contributed by atoms with Crippen molar-refractivity contribution >= 4 is 46.4 Å². The molecular formula is C36H78Br2P2. The van der Waals surface area contributed by atoms with Crippen molar-refractivity contribution < 1.29 is 0 Å². The Morgan fingerprint density at radius 2 is 0.525 bits per heavy atom. The molecule has 0 amide bonds.